The number of rotatable bonds is 8. The van der Waals surface area contributed by atoms with Crippen LogP contribution in [0, 0.1) is 0 Å². The molecule has 1 aliphatic heterocycles. The number of fused-ring (bicyclic) bond motifs is 1. The fraction of sp³-hybridized carbons (Fsp3) is 0.385. The third kappa shape index (κ3) is 4.88. The third-order valence-corrected chi connectivity index (χ3v) is 6.78. The zero-order valence-corrected chi connectivity index (χ0v) is 19.6. The topological polar surface area (TPSA) is 15.7 Å². The molecule has 3 aromatic carbocycles. The molecule has 0 unspecified atom stereocenters. The molecule has 0 aromatic heterocycles. The second-order valence-corrected chi connectivity index (χ2v) is 9.10. The van der Waals surface area contributed by atoms with Crippen LogP contribution in [0.15, 0.2) is 65.1 Å². The van der Waals surface area contributed by atoms with E-state index in [0.717, 1.165) is 36.4 Å². The molecule has 0 aliphatic carbocycles. The van der Waals surface area contributed by atoms with Crippen molar-refractivity contribution in [3.05, 3.63) is 76.3 Å². The van der Waals surface area contributed by atoms with Gasteiger partial charge in [-0.25, -0.2) is 0 Å². The van der Waals surface area contributed by atoms with E-state index < -0.39 is 0 Å². The Balaban J connectivity index is 1.64. The SMILES string of the molecule is CCN1CCC[C@H]1CN(Cc1cc(Br)ccc1OC)Cc1cccc2ccccc12. The Kier molecular flexibility index (Phi) is 7.08. The number of halogens is 1. The first-order chi connectivity index (χ1) is 14.7. The maximum absolute atomic E-state index is 5.68. The minimum Gasteiger partial charge on any atom is -0.496 e. The molecule has 0 bridgehead atoms. The van der Waals surface area contributed by atoms with Crippen molar-refractivity contribution in [2.24, 2.45) is 0 Å². The maximum atomic E-state index is 5.68. The Labute approximate surface area is 188 Å². The summed E-state index contributed by atoms with van der Waals surface area (Å²) in [6.45, 7) is 7.53. The number of hydrogen-bond donors (Lipinski definition) is 0. The Morgan fingerprint density at radius 2 is 1.83 bits per heavy atom. The highest BCUT2D eigenvalue weighted by molar-refractivity contribution is 9.10. The molecule has 4 heteroatoms. The second-order valence-electron chi connectivity index (χ2n) is 8.19. The lowest BCUT2D eigenvalue weighted by molar-refractivity contribution is 0.165. The minimum atomic E-state index is 0.628. The van der Waals surface area contributed by atoms with Gasteiger partial charge in [0.05, 0.1) is 7.11 Å². The Morgan fingerprint density at radius 3 is 2.67 bits per heavy atom. The fourth-order valence-electron chi connectivity index (χ4n) is 4.78. The summed E-state index contributed by atoms with van der Waals surface area (Å²) >= 11 is 3.64. The zero-order valence-electron chi connectivity index (χ0n) is 18.0. The van der Waals surface area contributed by atoms with E-state index in [-0.39, 0.29) is 0 Å². The molecule has 1 saturated heterocycles. The number of likely N-dealkylation sites (N-methyl/N-ethyl adjacent to an activating group) is 1. The highest BCUT2D eigenvalue weighted by Gasteiger charge is 2.26. The summed E-state index contributed by atoms with van der Waals surface area (Å²) in [5, 5.41) is 2.66. The molecule has 4 rings (SSSR count). The van der Waals surface area contributed by atoms with Gasteiger partial charge in [-0.2, -0.15) is 0 Å². The van der Waals surface area contributed by atoms with Gasteiger partial charge in [0.2, 0.25) is 0 Å². The quantitative estimate of drug-likeness (QED) is 0.398. The minimum absolute atomic E-state index is 0.628. The van der Waals surface area contributed by atoms with Gasteiger partial charge in [0.1, 0.15) is 5.75 Å². The van der Waals surface area contributed by atoms with Crippen molar-refractivity contribution in [2.75, 3.05) is 26.7 Å². The van der Waals surface area contributed by atoms with Crippen LogP contribution >= 0.6 is 15.9 Å². The normalized spacial score (nSPS) is 17.1. The van der Waals surface area contributed by atoms with Crippen LogP contribution in [0.4, 0.5) is 0 Å². The molecule has 0 radical (unpaired) electrons. The van der Waals surface area contributed by atoms with Crippen molar-refractivity contribution >= 4 is 26.7 Å². The highest BCUT2D eigenvalue weighted by Crippen LogP contribution is 2.28. The molecule has 0 spiro atoms. The van der Waals surface area contributed by atoms with E-state index in [1.54, 1.807) is 7.11 Å². The molecule has 0 N–H and O–H groups in total. The van der Waals surface area contributed by atoms with Crippen LogP contribution in [0.3, 0.4) is 0 Å². The summed E-state index contributed by atoms with van der Waals surface area (Å²) in [7, 11) is 1.76. The molecule has 158 valence electrons. The smallest absolute Gasteiger partial charge is 0.123 e. The maximum Gasteiger partial charge on any atom is 0.123 e. The van der Waals surface area contributed by atoms with Crippen LogP contribution in [-0.4, -0.2) is 42.6 Å². The van der Waals surface area contributed by atoms with Crippen molar-refractivity contribution in [1.82, 2.24) is 9.80 Å². The van der Waals surface area contributed by atoms with Gasteiger partial charge in [-0.3, -0.25) is 9.80 Å². The van der Waals surface area contributed by atoms with Crippen molar-refractivity contribution in [2.45, 2.75) is 38.9 Å². The van der Waals surface area contributed by atoms with Crippen molar-refractivity contribution in [3.63, 3.8) is 0 Å². The lowest BCUT2D eigenvalue weighted by Gasteiger charge is -2.31. The van der Waals surface area contributed by atoms with Gasteiger partial charge in [-0.1, -0.05) is 65.3 Å². The standard InChI is InChI=1S/C26H31BrN2O/c1-3-29-15-7-11-24(29)19-28(18-22-16-23(27)13-14-26(22)30-2)17-21-10-6-9-20-8-4-5-12-25(20)21/h4-6,8-10,12-14,16,24H,3,7,11,15,17-19H2,1-2H3/t24-/m0/s1. The van der Waals surface area contributed by atoms with Crippen LogP contribution < -0.4 is 4.74 Å². The lowest BCUT2D eigenvalue weighted by atomic mass is 10.0. The van der Waals surface area contributed by atoms with E-state index in [0.29, 0.717) is 6.04 Å². The van der Waals surface area contributed by atoms with Gasteiger partial charge in [0.15, 0.2) is 0 Å². The van der Waals surface area contributed by atoms with Gasteiger partial charge in [0, 0.05) is 35.7 Å². The van der Waals surface area contributed by atoms with E-state index in [1.165, 1.54) is 41.3 Å². The Bertz CT molecular complexity index is 984. The summed E-state index contributed by atoms with van der Waals surface area (Å²) in [5.74, 6) is 0.958. The predicted octanol–water partition coefficient (Wildman–Crippen LogP) is 6.10. The largest absolute Gasteiger partial charge is 0.496 e. The van der Waals surface area contributed by atoms with Gasteiger partial charge >= 0.3 is 0 Å². The van der Waals surface area contributed by atoms with E-state index in [4.69, 9.17) is 4.74 Å². The van der Waals surface area contributed by atoms with Crippen molar-refractivity contribution in [1.29, 1.82) is 0 Å². The third-order valence-electron chi connectivity index (χ3n) is 6.28. The predicted molar refractivity (Wildman–Crippen MR) is 129 cm³/mol. The van der Waals surface area contributed by atoms with Gasteiger partial charge in [0.25, 0.3) is 0 Å². The number of hydrogen-bond acceptors (Lipinski definition) is 3. The van der Waals surface area contributed by atoms with Crippen LogP contribution in [0.1, 0.15) is 30.9 Å². The Morgan fingerprint density at radius 1 is 1.03 bits per heavy atom. The molecule has 0 amide bonds. The molecule has 30 heavy (non-hydrogen) atoms. The fourth-order valence-corrected chi connectivity index (χ4v) is 5.19. The number of nitrogens with zero attached hydrogens (tertiary/aromatic N) is 2. The molecule has 1 atom stereocenters. The number of likely N-dealkylation sites (tertiary alicyclic amines) is 1. The molecular formula is C26H31BrN2O. The molecule has 1 fully saturated rings. The second kappa shape index (κ2) is 9.95. The summed E-state index contributed by atoms with van der Waals surface area (Å²) in [4.78, 5) is 5.24. The molecule has 3 aromatic rings. The van der Waals surface area contributed by atoms with E-state index >= 15 is 0 Å². The van der Waals surface area contributed by atoms with Crippen LogP contribution in [0.25, 0.3) is 10.8 Å². The van der Waals surface area contributed by atoms with Crippen LogP contribution in [0.5, 0.6) is 5.75 Å². The number of methoxy groups -OCH3 is 1. The van der Waals surface area contributed by atoms with Gasteiger partial charge in [-0.05, 0) is 60.5 Å². The molecular weight excluding hydrogens is 436 g/mol. The monoisotopic (exact) mass is 466 g/mol. The molecule has 1 aliphatic rings. The molecule has 0 saturated carbocycles. The number of ether oxygens (including phenoxy) is 1. The van der Waals surface area contributed by atoms with Crippen molar-refractivity contribution < 1.29 is 4.74 Å². The average Bonchev–Trinajstić information content (AvgIpc) is 3.21. The van der Waals surface area contributed by atoms with Crippen LogP contribution in [-0.2, 0) is 13.1 Å². The average molecular weight is 467 g/mol. The van der Waals surface area contributed by atoms with Crippen LogP contribution in [0.2, 0.25) is 0 Å². The highest BCUT2D eigenvalue weighted by atomic mass is 79.9. The molecule has 1 heterocycles. The summed E-state index contributed by atoms with van der Waals surface area (Å²) < 4.78 is 6.77. The summed E-state index contributed by atoms with van der Waals surface area (Å²) in [6, 6.07) is 22.3. The summed E-state index contributed by atoms with van der Waals surface area (Å²) in [6.07, 6.45) is 2.59. The van der Waals surface area contributed by atoms with Crippen molar-refractivity contribution in [3.8, 4) is 5.75 Å². The van der Waals surface area contributed by atoms with Gasteiger partial charge < -0.3 is 4.74 Å². The van der Waals surface area contributed by atoms with E-state index in [2.05, 4.69) is 87.3 Å². The Hall–Kier alpha value is -1.88. The van der Waals surface area contributed by atoms with E-state index in [1.807, 2.05) is 6.07 Å². The van der Waals surface area contributed by atoms with Gasteiger partial charge in [-0.15, -0.1) is 0 Å². The first-order valence-electron chi connectivity index (χ1n) is 10.9. The number of benzene rings is 3. The summed E-state index contributed by atoms with van der Waals surface area (Å²) in [5.41, 5.74) is 2.62. The first kappa shape index (κ1) is 21.4. The molecule has 3 nitrogen and oxygen atoms in total. The first-order valence-corrected chi connectivity index (χ1v) is 11.7. The van der Waals surface area contributed by atoms with E-state index in [9.17, 15) is 0 Å². The zero-order chi connectivity index (χ0) is 20.9. The lowest BCUT2D eigenvalue weighted by Crippen LogP contribution is -2.39.